The highest BCUT2D eigenvalue weighted by atomic mass is 16.3. The largest absolute Gasteiger partial charge is 0.455 e. The Bertz CT molecular complexity index is 3800. The number of fused-ring (bicyclic) bond motifs is 16. The summed E-state index contributed by atoms with van der Waals surface area (Å²) in [6.07, 6.45) is 0. The summed E-state index contributed by atoms with van der Waals surface area (Å²) in [5.74, 6) is 0. The fourth-order valence-corrected chi connectivity index (χ4v) is 12.2. The van der Waals surface area contributed by atoms with E-state index in [9.17, 15) is 0 Å². The van der Waals surface area contributed by atoms with Crippen LogP contribution in [-0.2, 0) is 10.8 Å². The Morgan fingerprint density at radius 3 is 1.74 bits per heavy atom. The molecule has 0 N–H and O–H groups in total. The number of benzene rings is 10. The Labute approximate surface area is 384 Å². The van der Waals surface area contributed by atoms with Crippen LogP contribution in [0.4, 0.5) is 17.1 Å². The van der Waals surface area contributed by atoms with E-state index < -0.39 is 5.41 Å². The molecule has 1 heterocycles. The first kappa shape index (κ1) is 37.2. The molecule has 2 nitrogen and oxygen atoms in total. The third kappa shape index (κ3) is 4.96. The Morgan fingerprint density at radius 1 is 0.348 bits per heavy atom. The van der Waals surface area contributed by atoms with Crippen molar-refractivity contribution in [2.45, 2.75) is 24.7 Å². The van der Waals surface area contributed by atoms with Gasteiger partial charge < -0.3 is 9.32 Å². The summed E-state index contributed by atoms with van der Waals surface area (Å²) < 4.78 is 6.54. The van der Waals surface area contributed by atoms with Gasteiger partial charge >= 0.3 is 0 Å². The van der Waals surface area contributed by atoms with Crippen LogP contribution in [-0.4, -0.2) is 0 Å². The highest BCUT2D eigenvalue weighted by Crippen LogP contribution is 2.65. The van der Waals surface area contributed by atoms with Gasteiger partial charge in [0, 0.05) is 38.7 Å². The van der Waals surface area contributed by atoms with Gasteiger partial charge in [0.1, 0.15) is 11.2 Å². The van der Waals surface area contributed by atoms with Gasteiger partial charge in [0.2, 0.25) is 0 Å². The van der Waals surface area contributed by atoms with Crippen molar-refractivity contribution in [3.05, 3.63) is 258 Å². The van der Waals surface area contributed by atoms with Crippen LogP contribution < -0.4 is 4.90 Å². The summed E-state index contributed by atoms with van der Waals surface area (Å²) in [6, 6.07) is 83.3. The monoisotopic (exact) mass is 841 g/mol. The average molecular weight is 842 g/mol. The molecule has 0 bridgehead atoms. The van der Waals surface area contributed by atoms with Crippen molar-refractivity contribution in [2.75, 3.05) is 4.90 Å². The number of furan rings is 1. The average Bonchev–Trinajstić information content (AvgIpc) is 4.07. The predicted molar refractivity (Wildman–Crippen MR) is 273 cm³/mol. The van der Waals surface area contributed by atoms with Crippen molar-refractivity contribution in [3.63, 3.8) is 0 Å². The second-order valence-corrected chi connectivity index (χ2v) is 18.7. The van der Waals surface area contributed by atoms with Crippen molar-refractivity contribution in [3.8, 4) is 55.6 Å². The van der Waals surface area contributed by atoms with Gasteiger partial charge in [-0.25, -0.2) is 0 Å². The number of nitrogens with zero attached hydrogens (tertiary/aromatic N) is 1. The van der Waals surface area contributed by atoms with Crippen LogP contribution in [0, 0.1) is 0 Å². The number of anilines is 3. The molecule has 66 heavy (non-hydrogen) atoms. The van der Waals surface area contributed by atoms with Crippen LogP contribution in [0.15, 0.2) is 229 Å². The topological polar surface area (TPSA) is 16.4 Å². The number of hydrogen-bond acceptors (Lipinski definition) is 2. The van der Waals surface area contributed by atoms with Crippen LogP contribution in [0.25, 0.3) is 77.6 Å². The minimum absolute atomic E-state index is 0.159. The lowest BCUT2D eigenvalue weighted by molar-refractivity contribution is 0.660. The Kier molecular flexibility index (Phi) is 7.70. The summed E-state index contributed by atoms with van der Waals surface area (Å²) in [7, 11) is 0. The van der Waals surface area contributed by atoms with Gasteiger partial charge in [0.15, 0.2) is 0 Å². The second-order valence-electron chi connectivity index (χ2n) is 18.7. The minimum Gasteiger partial charge on any atom is -0.455 e. The molecule has 11 aromatic rings. The molecule has 14 rings (SSSR count). The molecular formula is C64H43NO. The zero-order chi connectivity index (χ0) is 43.7. The Balaban J connectivity index is 1.00. The zero-order valence-electron chi connectivity index (χ0n) is 36.7. The zero-order valence-corrected chi connectivity index (χ0v) is 36.7. The molecule has 1 atom stereocenters. The lowest BCUT2D eigenvalue weighted by Crippen LogP contribution is -2.26. The number of rotatable bonds is 5. The van der Waals surface area contributed by atoms with Crippen LogP contribution in [0.3, 0.4) is 0 Å². The van der Waals surface area contributed by atoms with E-state index in [1.165, 1.54) is 77.9 Å². The summed E-state index contributed by atoms with van der Waals surface area (Å²) in [5.41, 5.74) is 25.0. The number of hydrogen-bond donors (Lipinski definition) is 0. The van der Waals surface area contributed by atoms with Gasteiger partial charge in [-0.2, -0.15) is 0 Å². The molecule has 310 valence electrons. The second kappa shape index (κ2) is 13.7. The van der Waals surface area contributed by atoms with Crippen LogP contribution in [0.1, 0.15) is 47.2 Å². The minimum atomic E-state index is -0.495. The van der Waals surface area contributed by atoms with Gasteiger partial charge in [0.25, 0.3) is 0 Å². The molecule has 1 spiro atoms. The van der Waals surface area contributed by atoms with E-state index in [1.807, 2.05) is 6.07 Å². The highest BCUT2D eigenvalue weighted by molar-refractivity contribution is 6.10. The third-order valence-corrected chi connectivity index (χ3v) is 15.1. The maximum Gasteiger partial charge on any atom is 0.143 e. The van der Waals surface area contributed by atoms with Gasteiger partial charge in [-0.15, -0.1) is 0 Å². The van der Waals surface area contributed by atoms with E-state index >= 15 is 0 Å². The normalized spacial score (nSPS) is 15.6. The van der Waals surface area contributed by atoms with Crippen LogP contribution in [0.5, 0.6) is 0 Å². The molecule has 0 saturated carbocycles. The van der Waals surface area contributed by atoms with Gasteiger partial charge in [-0.05, 0) is 120 Å². The molecule has 0 fully saturated rings. The van der Waals surface area contributed by atoms with Gasteiger partial charge in [0.05, 0.1) is 11.1 Å². The first-order valence-electron chi connectivity index (χ1n) is 23.1. The first-order valence-corrected chi connectivity index (χ1v) is 23.1. The standard InChI is InChI=1S/C64H43NO/c1-63(2)53-24-10-6-18-46(53)48-36-35-44(39-58(48)63)65(43-33-30-41(31-34-43)45-22-14-23-50-49-20-9-13-29-60(49)66-62(45)50)59-28-15-27-57-61(59)51-21-8-12-26-55(51)64(57)54-25-11-7-19-47(54)52-38-42(32-37-56(52)64)40-16-4-3-5-17-40/h3-39H,1-2H3. The molecule has 1 unspecified atom stereocenters. The molecule has 0 saturated heterocycles. The summed E-state index contributed by atoms with van der Waals surface area (Å²) >= 11 is 0. The van der Waals surface area contributed by atoms with Gasteiger partial charge in [-0.3, -0.25) is 0 Å². The van der Waals surface area contributed by atoms with E-state index in [1.54, 1.807) is 0 Å². The van der Waals surface area contributed by atoms with Crippen molar-refractivity contribution in [1.82, 2.24) is 0 Å². The third-order valence-electron chi connectivity index (χ3n) is 15.1. The molecule has 2 heteroatoms. The molecule has 1 aromatic heterocycles. The van der Waals surface area contributed by atoms with E-state index in [4.69, 9.17) is 4.42 Å². The van der Waals surface area contributed by atoms with Crippen molar-refractivity contribution in [1.29, 1.82) is 0 Å². The molecule has 0 amide bonds. The molecule has 0 radical (unpaired) electrons. The fraction of sp³-hybridized carbons (Fsp3) is 0.0625. The fourth-order valence-electron chi connectivity index (χ4n) is 12.2. The first-order chi connectivity index (χ1) is 32.5. The summed E-state index contributed by atoms with van der Waals surface area (Å²) in [4.78, 5) is 2.51. The smallest absolute Gasteiger partial charge is 0.143 e. The highest BCUT2D eigenvalue weighted by Gasteiger charge is 2.52. The van der Waals surface area contributed by atoms with E-state index in [-0.39, 0.29) is 5.41 Å². The Hall–Kier alpha value is -8.20. The quantitative estimate of drug-likeness (QED) is 0.172. The predicted octanol–water partition coefficient (Wildman–Crippen LogP) is 17.0. The SMILES string of the molecule is CC1(C)c2ccccc2-c2ccc(N(c3ccc(-c4cccc5c4oc4ccccc45)cc3)c3cccc4c3-c3ccccc3C43c4ccccc4-c4cc(-c5ccccc5)ccc43)cc21. The molecule has 0 aliphatic heterocycles. The molecule has 3 aliphatic rings. The van der Waals surface area contributed by atoms with E-state index in [0.29, 0.717) is 0 Å². The Morgan fingerprint density at radius 2 is 0.924 bits per heavy atom. The van der Waals surface area contributed by atoms with Crippen molar-refractivity contribution in [2.24, 2.45) is 0 Å². The van der Waals surface area contributed by atoms with Crippen LogP contribution >= 0.6 is 0 Å². The van der Waals surface area contributed by atoms with Crippen LogP contribution in [0.2, 0.25) is 0 Å². The van der Waals surface area contributed by atoms with E-state index in [0.717, 1.165) is 50.1 Å². The lowest BCUT2D eigenvalue weighted by Gasteiger charge is -2.32. The summed E-state index contributed by atoms with van der Waals surface area (Å²) in [6.45, 7) is 4.75. The van der Waals surface area contributed by atoms with Crippen molar-refractivity contribution >= 4 is 39.0 Å². The molecular weight excluding hydrogens is 799 g/mol. The maximum absolute atomic E-state index is 6.54. The summed E-state index contributed by atoms with van der Waals surface area (Å²) in [5, 5.41) is 2.27. The number of para-hydroxylation sites is 2. The van der Waals surface area contributed by atoms with Crippen molar-refractivity contribution < 1.29 is 4.42 Å². The molecule has 3 aliphatic carbocycles. The lowest BCUT2D eigenvalue weighted by atomic mass is 9.70. The van der Waals surface area contributed by atoms with E-state index in [2.05, 4.69) is 237 Å². The maximum atomic E-state index is 6.54. The van der Waals surface area contributed by atoms with Gasteiger partial charge in [-0.1, -0.05) is 196 Å². The molecule has 10 aromatic carbocycles.